The Bertz CT molecular complexity index is 661. The Morgan fingerprint density at radius 3 is 3.00 bits per heavy atom. The molecule has 1 aliphatic carbocycles. The molecule has 0 spiro atoms. The molecule has 0 atom stereocenters. The summed E-state index contributed by atoms with van der Waals surface area (Å²) in [5.74, 6) is 0.325. The van der Waals surface area contributed by atoms with Crippen molar-refractivity contribution in [2.24, 2.45) is 5.73 Å². The number of hydrogen-bond donors (Lipinski definition) is 2. The number of nitrogens with one attached hydrogen (secondary N) is 1. The lowest BCUT2D eigenvalue weighted by atomic mass is 10.1. The first-order chi connectivity index (χ1) is 10.2. The third-order valence-corrected chi connectivity index (χ3v) is 3.69. The molecule has 2 aromatic heterocycles. The molecule has 0 aliphatic heterocycles. The van der Waals surface area contributed by atoms with Crippen LogP contribution in [-0.4, -0.2) is 29.1 Å². The van der Waals surface area contributed by atoms with Crippen molar-refractivity contribution < 1.29 is 9.32 Å². The summed E-state index contributed by atoms with van der Waals surface area (Å²) in [5, 5.41) is 7.66. The first-order valence-electron chi connectivity index (χ1n) is 7.52. The third-order valence-electron chi connectivity index (χ3n) is 3.69. The second-order valence-electron chi connectivity index (χ2n) is 5.47. The molecule has 112 valence electrons. The second kappa shape index (κ2) is 5.81. The number of hydrogen-bond acceptors (Lipinski definition) is 5. The van der Waals surface area contributed by atoms with E-state index in [1.165, 1.54) is 0 Å². The number of carbonyl (C=O) groups is 1. The van der Waals surface area contributed by atoms with Crippen molar-refractivity contribution in [1.82, 2.24) is 15.5 Å². The predicted molar refractivity (Wildman–Crippen MR) is 79.2 cm³/mol. The van der Waals surface area contributed by atoms with Crippen molar-refractivity contribution in [3.05, 3.63) is 23.0 Å². The van der Waals surface area contributed by atoms with E-state index < -0.39 is 0 Å². The van der Waals surface area contributed by atoms with Gasteiger partial charge in [-0.15, -0.1) is 0 Å². The molecule has 1 fully saturated rings. The minimum Gasteiger partial charge on any atom is -0.351 e. The van der Waals surface area contributed by atoms with E-state index in [1.54, 1.807) is 0 Å². The zero-order valence-electron chi connectivity index (χ0n) is 12.2. The van der Waals surface area contributed by atoms with Crippen LogP contribution in [0.3, 0.4) is 0 Å². The van der Waals surface area contributed by atoms with Crippen LogP contribution in [0.2, 0.25) is 0 Å². The van der Waals surface area contributed by atoms with Gasteiger partial charge in [-0.1, -0.05) is 18.5 Å². The van der Waals surface area contributed by atoms with Crippen LogP contribution in [0.4, 0.5) is 0 Å². The highest BCUT2D eigenvalue weighted by Gasteiger charge is 2.28. The average Bonchev–Trinajstić information content (AvgIpc) is 3.27. The van der Waals surface area contributed by atoms with Gasteiger partial charge in [0.25, 0.3) is 11.6 Å². The summed E-state index contributed by atoms with van der Waals surface area (Å²) in [5.41, 5.74) is 8.28. The number of aromatic nitrogens is 2. The lowest BCUT2D eigenvalue weighted by Gasteiger charge is -2.07. The number of amides is 1. The normalized spacial score (nSPS) is 14.6. The van der Waals surface area contributed by atoms with Crippen LogP contribution in [-0.2, 0) is 6.42 Å². The summed E-state index contributed by atoms with van der Waals surface area (Å²) < 4.78 is 5.35. The highest BCUT2D eigenvalue weighted by molar-refractivity contribution is 6.06. The van der Waals surface area contributed by atoms with E-state index in [1.807, 2.05) is 6.07 Å². The SMILES string of the molecule is CCCc1noc2nc(C3CC3)cc(C(=O)NCCN)c12. The zero-order chi connectivity index (χ0) is 14.8. The second-order valence-corrected chi connectivity index (χ2v) is 5.47. The minimum atomic E-state index is -0.129. The monoisotopic (exact) mass is 288 g/mol. The van der Waals surface area contributed by atoms with Crippen molar-refractivity contribution in [3.63, 3.8) is 0 Å². The Morgan fingerprint density at radius 2 is 2.33 bits per heavy atom. The van der Waals surface area contributed by atoms with E-state index in [0.717, 1.165) is 42.5 Å². The van der Waals surface area contributed by atoms with Crippen LogP contribution in [0.15, 0.2) is 10.6 Å². The molecule has 1 aliphatic rings. The summed E-state index contributed by atoms with van der Waals surface area (Å²) in [6.07, 6.45) is 3.96. The maximum atomic E-state index is 12.4. The van der Waals surface area contributed by atoms with E-state index in [0.29, 0.717) is 30.3 Å². The summed E-state index contributed by atoms with van der Waals surface area (Å²) in [4.78, 5) is 16.9. The number of nitrogens with zero attached hydrogens (tertiary/aromatic N) is 2. The molecule has 0 aromatic carbocycles. The quantitative estimate of drug-likeness (QED) is 0.844. The maximum Gasteiger partial charge on any atom is 0.259 e. The van der Waals surface area contributed by atoms with E-state index in [9.17, 15) is 4.79 Å². The van der Waals surface area contributed by atoms with Gasteiger partial charge >= 0.3 is 0 Å². The van der Waals surface area contributed by atoms with Gasteiger partial charge in [-0.3, -0.25) is 4.79 Å². The lowest BCUT2D eigenvalue weighted by Crippen LogP contribution is -2.29. The van der Waals surface area contributed by atoms with E-state index in [-0.39, 0.29) is 5.91 Å². The summed E-state index contributed by atoms with van der Waals surface area (Å²) in [6, 6.07) is 1.89. The van der Waals surface area contributed by atoms with E-state index >= 15 is 0 Å². The van der Waals surface area contributed by atoms with Gasteiger partial charge < -0.3 is 15.6 Å². The van der Waals surface area contributed by atoms with Gasteiger partial charge in [0.2, 0.25) is 0 Å². The van der Waals surface area contributed by atoms with Crippen molar-refractivity contribution in [2.45, 2.75) is 38.5 Å². The van der Waals surface area contributed by atoms with Gasteiger partial charge in [-0.2, -0.15) is 0 Å². The largest absolute Gasteiger partial charge is 0.351 e. The number of carbonyl (C=O) groups excluding carboxylic acids is 1. The molecule has 0 unspecified atom stereocenters. The Hall–Kier alpha value is -1.95. The van der Waals surface area contributed by atoms with Crippen molar-refractivity contribution in [2.75, 3.05) is 13.1 Å². The molecule has 0 radical (unpaired) electrons. The molecule has 0 bridgehead atoms. The van der Waals surface area contributed by atoms with Crippen molar-refractivity contribution >= 4 is 17.0 Å². The molecule has 2 aromatic rings. The van der Waals surface area contributed by atoms with Crippen LogP contribution >= 0.6 is 0 Å². The van der Waals surface area contributed by atoms with Gasteiger partial charge in [-0.25, -0.2) is 4.98 Å². The fourth-order valence-corrected chi connectivity index (χ4v) is 2.49. The molecule has 3 rings (SSSR count). The van der Waals surface area contributed by atoms with Gasteiger partial charge in [0.1, 0.15) is 0 Å². The van der Waals surface area contributed by atoms with Crippen molar-refractivity contribution in [1.29, 1.82) is 0 Å². The minimum absolute atomic E-state index is 0.129. The first-order valence-corrected chi connectivity index (χ1v) is 7.52. The third kappa shape index (κ3) is 2.76. The molecule has 3 N–H and O–H groups in total. The van der Waals surface area contributed by atoms with Gasteiger partial charge in [0.15, 0.2) is 0 Å². The smallest absolute Gasteiger partial charge is 0.259 e. The molecular formula is C15H20N4O2. The van der Waals surface area contributed by atoms with Crippen LogP contribution in [0.25, 0.3) is 11.1 Å². The van der Waals surface area contributed by atoms with Gasteiger partial charge in [0, 0.05) is 24.7 Å². The molecule has 1 saturated carbocycles. The summed E-state index contributed by atoms with van der Waals surface area (Å²) >= 11 is 0. The van der Waals surface area contributed by atoms with E-state index in [2.05, 4.69) is 22.4 Å². The topological polar surface area (TPSA) is 94.0 Å². The van der Waals surface area contributed by atoms with Crippen LogP contribution in [0, 0.1) is 0 Å². The molecule has 6 heteroatoms. The lowest BCUT2D eigenvalue weighted by molar-refractivity contribution is 0.0956. The fourth-order valence-electron chi connectivity index (χ4n) is 2.49. The zero-order valence-corrected chi connectivity index (χ0v) is 12.2. The Morgan fingerprint density at radius 1 is 1.52 bits per heavy atom. The highest BCUT2D eigenvalue weighted by Crippen LogP contribution is 2.40. The highest BCUT2D eigenvalue weighted by atomic mass is 16.5. The Labute approximate surface area is 123 Å². The van der Waals surface area contributed by atoms with Crippen molar-refractivity contribution in [3.8, 4) is 0 Å². The number of aryl methyl sites for hydroxylation is 1. The number of fused-ring (bicyclic) bond motifs is 1. The summed E-state index contributed by atoms with van der Waals surface area (Å²) in [7, 11) is 0. The molecule has 1 amide bonds. The molecule has 0 saturated heterocycles. The van der Waals surface area contributed by atoms with Crippen LogP contribution < -0.4 is 11.1 Å². The van der Waals surface area contributed by atoms with Gasteiger partial charge in [0.05, 0.1) is 16.6 Å². The predicted octanol–water partition coefficient (Wildman–Crippen LogP) is 1.74. The maximum absolute atomic E-state index is 12.4. The Kier molecular flexibility index (Phi) is 3.88. The number of nitrogens with two attached hydrogens (primary N) is 1. The van der Waals surface area contributed by atoms with E-state index in [4.69, 9.17) is 10.3 Å². The van der Waals surface area contributed by atoms with Gasteiger partial charge in [-0.05, 0) is 25.3 Å². The Balaban J connectivity index is 2.07. The number of rotatable bonds is 6. The molecule has 21 heavy (non-hydrogen) atoms. The number of pyridine rings is 1. The standard InChI is InChI=1S/C15H20N4O2/c1-2-3-11-13-10(14(20)17-7-6-16)8-12(9-4-5-9)18-15(13)21-19-11/h8-9H,2-7,16H2,1H3,(H,17,20). The molecule has 2 heterocycles. The van der Waals surface area contributed by atoms with Crippen LogP contribution in [0.5, 0.6) is 0 Å². The summed E-state index contributed by atoms with van der Waals surface area (Å²) in [6.45, 7) is 2.94. The average molecular weight is 288 g/mol. The molecular weight excluding hydrogens is 268 g/mol. The van der Waals surface area contributed by atoms with Crippen LogP contribution in [0.1, 0.15) is 53.8 Å². The molecule has 6 nitrogen and oxygen atoms in total. The first kappa shape index (κ1) is 14.0. The fraction of sp³-hybridized carbons (Fsp3) is 0.533.